The van der Waals surface area contributed by atoms with Gasteiger partial charge in [-0.15, -0.1) is 11.3 Å². The molecule has 2 aromatic rings. The van der Waals surface area contributed by atoms with Gasteiger partial charge in [-0.25, -0.2) is 9.97 Å². The fraction of sp³-hybridized carbons (Fsp3) is 0.500. The van der Waals surface area contributed by atoms with E-state index < -0.39 is 0 Å². The fourth-order valence-electron chi connectivity index (χ4n) is 2.14. The highest BCUT2D eigenvalue weighted by molar-refractivity contribution is 7.99. The standard InChI is InChI=1S/C12H14ClN3S2/c1-7-4-9-10(14-5-8-2-3-17-6-8)15-12(13)16-11(9)18-7/h4,8H,2-3,5-6H2,1H3,(H,14,15,16). The zero-order chi connectivity index (χ0) is 12.5. The van der Waals surface area contributed by atoms with Crippen LogP contribution in [0.4, 0.5) is 5.82 Å². The summed E-state index contributed by atoms with van der Waals surface area (Å²) in [6, 6.07) is 2.13. The van der Waals surface area contributed by atoms with E-state index >= 15 is 0 Å². The first-order valence-corrected chi connectivity index (χ1v) is 8.32. The number of halogens is 1. The van der Waals surface area contributed by atoms with Crippen molar-refractivity contribution in [2.45, 2.75) is 13.3 Å². The van der Waals surface area contributed by atoms with E-state index in [1.54, 1.807) is 11.3 Å². The largest absolute Gasteiger partial charge is 0.369 e. The van der Waals surface area contributed by atoms with E-state index in [1.807, 2.05) is 11.8 Å². The summed E-state index contributed by atoms with van der Waals surface area (Å²) in [5.41, 5.74) is 0. The summed E-state index contributed by atoms with van der Waals surface area (Å²) in [5, 5.41) is 4.86. The number of thioether (sulfide) groups is 1. The van der Waals surface area contributed by atoms with Crippen LogP contribution in [-0.4, -0.2) is 28.0 Å². The van der Waals surface area contributed by atoms with Gasteiger partial charge in [-0.2, -0.15) is 11.8 Å². The lowest BCUT2D eigenvalue weighted by atomic mass is 10.1. The van der Waals surface area contributed by atoms with Crippen molar-refractivity contribution in [3.8, 4) is 0 Å². The molecule has 0 amide bonds. The molecule has 1 aliphatic heterocycles. The Hall–Kier alpha value is -0.520. The van der Waals surface area contributed by atoms with Crippen LogP contribution >= 0.6 is 34.7 Å². The van der Waals surface area contributed by atoms with E-state index in [-0.39, 0.29) is 0 Å². The number of nitrogens with one attached hydrogen (secondary N) is 1. The molecule has 0 aromatic carbocycles. The molecule has 0 bridgehead atoms. The van der Waals surface area contributed by atoms with Gasteiger partial charge in [0.2, 0.25) is 5.28 Å². The van der Waals surface area contributed by atoms with Crippen molar-refractivity contribution in [1.29, 1.82) is 0 Å². The average Bonchev–Trinajstić information content (AvgIpc) is 2.93. The number of hydrogen-bond acceptors (Lipinski definition) is 5. The first-order valence-electron chi connectivity index (χ1n) is 5.97. The molecule has 3 heterocycles. The molecule has 1 aliphatic rings. The first-order chi connectivity index (χ1) is 8.72. The van der Waals surface area contributed by atoms with Crippen molar-refractivity contribution < 1.29 is 0 Å². The predicted octanol–water partition coefficient (Wildman–Crippen LogP) is 3.82. The summed E-state index contributed by atoms with van der Waals surface area (Å²) in [7, 11) is 0. The van der Waals surface area contributed by atoms with Crippen molar-refractivity contribution >= 4 is 50.7 Å². The maximum absolute atomic E-state index is 5.97. The van der Waals surface area contributed by atoms with Gasteiger partial charge < -0.3 is 5.32 Å². The van der Waals surface area contributed by atoms with Crippen LogP contribution in [0.3, 0.4) is 0 Å². The lowest BCUT2D eigenvalue weighted by molar-refractivity contribution is 0.631. The van der Waals surface area contributed by atoms with Gasteiger partial charge in [0.05, 0.1) is 5.39 Å². The number of nitrogens with zero attached hydrogens (tertiary/aromatic N) is 2. The van der Waals surface area contributed by atoms with Crippen molar-refractivity contribution in [2.75, 3.05) is 23.4 Å². The van der Waals surface area contributed by atoms with Crippen molar-refractivity contribution in [3.05, 3.63) is 16.2 Å². The minimum absolute atomic E-state index is 0.327. The highest BCUT2D eigenvalue weighted by atomic mass is 35.5. The van der Waals surface area contributed by atoms with Crippen molar-refractivity contribution in [3.63, 3.8) is 0 Å². The third-order valence-electron chi connectivity index (χ3n) is 3.07. The summed E-state index contributed by atoms with van der Waals surface area (Å²) < 4.78 is 0. The molecule has 1 fully saturated rings. The van der Waals surface area contributed by atoms with Crippen LogP contribution in [0.15, 0.2) is 6.07 Å². The molecule has 0 aliphatic carbocycles. The van der Waals surface area contributed by atoms with Gasteiger partial charge in [-0.1, -0.05) is 0 Å². The summed E-state index contributed by atoms with van der Waals surface area (Å²) in [4.78, 5) is 10.8. The molecule has 1 N–H and O–H groups in total. The quantitative estimate of drug-likeness (QED) is 0.874. The molecule has 3 rings (SSSR count). The lowest BCUT2D eigenvalue weighted by Gasteiger charge is -2.11. The molecular formula is C12H14ClN3S2. The van der Waals surface area contributed by atoms with E-state index in [2.05, 4.69) is 28.3 Å². The molecule has 3 nitrogen and oxygen atoms in total. The number of anilines is 1. The molecule has 1 saturated heterocycles. The van der Waals surface area contributed by atoms with Crippen molar-refractivity contribution in [1.82, 2.24) is 9.97 Å². The van der Waals surface area contributed by atoms with Gasteiger partial charge in [0, 0.05) is 11.4 Å². The second kappa shape index (κ2) is 5.23. The molecule has 0 spiro atoms. The van der Waals surface area contributed by atoms with E-state index in [4.69, 9.17) is 11.6 Å². The highest BCUT2D eigenvalue weighted by Gasteiger charge is 2.16. The SMILES string of the molecule is Cc1cc2c(NCC3CCSC3)nc(Cl)nc2s1. The van der Waals surface area contributed by atoms with Gasteiger partial charge in [0.15, 0.2) is 0 Å². The average molecular weight is 300 g/mol. The summed E-state index contributed by atoms with van der Waals surface area (Å²) >= 11 is 9.66. The zero-order valence-corrected chi connectivity index (χ0v) is 12.5. The smallest absolute Gasteiger partial charge is 0.225 e. The van der Waals surface area contributed by atoms with Crippen LogP contribution in [0.1, 0.15) is 11.3 Å². The molecule has 0 saturated carbocycles. The van der Waals surface area contributed by atoms with E-state index in [0.717, 1.165) is 28.5 Å². The monoisotopic (exact) mass is 299 g/mol. The summed E-state index contributed by atoms with van der Waals surface area (Å²) in [6.45, 7) is 3.06. The number of aryl methyl sites for hydroxylation is 1. The van der Waals surface area contributed by atoms with E-state index in [9.17, 15) is 0 Å². The maximum Gasteiger partial charge on any atom is 0.225 e. The van der Waals surface area contributed by atoms with Crippen LogP contribution in [-0.2, 0) is 0 Å². The molecule has 1 atom stereocenters. The number of hydrogen-bond donors (Lipinski definition) is 1. The Morgan fingerprint density at radius 1 is 1.50 bits per heavy atom. The zero-order valence-electron chi connectivity index (χ0n) is 10.1. The van der Waals surface area contributed by atoms with Gasteiger partial charge in [-0.05, 0) is 48.4 Å². The predicted molar refractivity (Wildman–Crippen MR) is 81.1 cm³/mol. The Morgan fingerprint density at radius 3 is 3.17 bits per heavy atom. The van der Waals surface area contributed by atoms with Gasteiger partial charge >= 0.3 is 0 Å². The van der Waals surface area contributed by atoms with Gasteiger partial charge in [0.1, 0.15) is 10.6 Å². The second-order valence-electron chi connectivity index (χ2n) is 4.53. The minimum Gasteiger partial charge on any atom is -0.369 e. The number of aromatic nitrogens is 2. The number of thiophene rings is 1. The van der Waals surface area contributed by atoms with E-state index in [0.29, 0.717) is 5.28 Å². The van der Waals surface area contributed by atoms with Crippen LogP contribution < -0.4 is 5.32 Å². The molecule has 2 aromatic heterocycles. The van der Waals surface area contributed by atoms with E-state index in [1.165, 1.54) is 22.8 Å². The Bertz CT molecular complexity index is 564. The van der Waals surface area contributed by atoms with Crippen LogP contribution in [0.5, 0.6) is 0 Å². The maximum atomic E-state index is 5.97. The number of fused-ring (bicyclic) bond motifs is 1. The Kier molecular flexibility index (Phi) is 3.63. The normalized spacial score (nSPS) is 19.6. The fourth-order valence-corrected chi connectivity index (χ4v) is 4.52. The summed E-state index contributed by atoms with van der Waals surface area (Å²) in [5.74, 6) is 4.16. The topological polar surface area (TPSA) is 37.8 Å². The molecule has 0 radical (unpaired) electrons. The second-order valence-corrected chi connectivity index (χ2v) is 7.25. The molecule has 6 heteroatoms. The molecular weight excluding hydrogens is 286 g/mol. The summed E-state index contributed by atoms with van der Waals surface area (Å²) in [6.07, 6.45) is 1.29. The lowest BCUT2D eigenvalue weighted by Crippen LogP contribution is -2.14. The third kappa shape index (κ3) is 2.58. The number of rotatable bonds is 3. The Balaban J connectivity index is 1.85. The highest BCUT2D eigenvalue weighted by Crippen LogP contribution is 2.30. The molecule has 1 unspecified atom stereocenters. The van der Waals surface area contributed by atoms with Gasteiger partial charge in [0.25, 0.3) is 0 Å². The van der Waals surface area contributed by atoms with Crippen LogP contribution in [0.2, 0.25) is 5.28 Å². The van der Waals surface area contributed by atoms with Crippen LogP contribution in [0, 0.1) is 12.8 Å². The Labute approximate surface area is 119 Å². The van der Waals surface area contributed by atoms with Crippen molar-refractivity contribution in [2.24, 2.45) is 5.92 Å². The minimum atomic E-state index is 0.327. The molecule has 96 valence electrons. The van der Waals surface area contributed by atoms with Gasteiger partial charge in [-0.3, -0.25) is 0 Å². The first kappa shape index (κ1) is 12.5. The third-order valence-corrected chi connectivity index (χ3v) is 5.42. The molecule has 18 heavy (non-hydrogen) atoms. The van der Waals surface area contributed by atoms with Crippen LogP contribution in [0.25, 0.3) is 10.2 Å². The Morgan fingerprint density at radius 2 is 2.39 bits per heavy atom.